The summed E-state index contributed by atoms with van der Waals surface area (Å²) in [6, 6.07) is 0. The quantitative estimate of drug-likeness (QED) is 0.410. The van der Waals surface area contributed by atoms with Gasteiger partial charge in [-0.05, 0) is 19.8 Å². The molecule has 0 spiro atoms. The van der Waals surface area contributed by atoms with Gasteiger partial charge in [-0.25, -0.2) is 9.59 Å². The minimum absolute atomic E-state index is 0.103. The molecule has 1 fully saturated rings. The zero-order valence-corrected chi connectivity index (χ0v) is 10.1. The smallest absolute Gasteiger partial charge is 0.352 e. The van der Waals surface area contributed by atoms with E-state index < -0.39 is 23.5 Å². The molecule has 0 aromatic rings. The number of ether oxygens (including phenoxy) is 3. The second kappa shape index (κ2) is 5.97. The number of methoxy groups -OCH3 is 1. The molecule has 0 saturated heterocycles. The Labute approximate surface area is 99.8 Å². The summed E-state index contributed by atoms with van der Waals surface area (Å²) in [6.45, 7) is 1.41. The molecule has 0 amide bonds. The third-order valence-corrected chi connectivity index (χ3v) is 2.90. The van der Waals surface area contributed by atoms with E-state index in [9.17, 15) is 14.7 Å². The fraction of sp³-hybridized carbons (Fsp3) is 0.818. The summed E-state index contributed by atoms with van der Waals surface area (Å²) in [5.41, 5.74) is -2.19. The Balaban J connectivity index is 2.77. The van der Waals surface area contributed by atoms with E-state index in [4.69, 9.17) is 4.74 Å². The van der Waals surface area contributed by atoms with Crippen LogP contribution in [0.3, 0.4) is 0 Å². The minimum atomic E-state index is -2.19. The van der Waals surface area contributed by atoms with Gasteiger partial charge in [0.2, 0.25) is 0 Å². The highest BCUT2D eigenvalue weighted by Crippen LogP contribution is 2.37. The van der Waals surface area contributed by atoms with Crippen LogP contribution < -0.4 is 0 Å². The molecular weight excluding hydrogens is 228 g/mol. The number of rotatable bonds is 6. The van der Waals surface area contributed by atoms with Crippen LogP contribution in [0.4, 0.5) is 0 Å². The van der Waals surface area contributed by atoms with Gasteiger partial charge in [0.1, 0.15) is 0 Å². The van der Waals surface area contributed by atoms with E-state index in [1.54, 1.807) is 6.92 Å². The van der Waals surface area contributed by atoms with Crippen LogP contribution in [0.1, 0.15) is 26.2 Å². The van der Waals surface area contributed by atoms with Crippen molar-refractivity contribution in [1.82, 2.24) is 0 Å². The molecule has 0 bridgehead atoms. The van der Waals surface area contributed by atoms with Gasteiger partial charge in [0.15, 0.2) is 6.79 Å². The minimum Gasteiger partial charge on any atom is -0.463 e. The van der Waals surface area contributed by atoms with Crippen LogP contribution in [0.15, 0.2) is 0 Å². The van der Waals surface area contributed by atoms with Crippen molar-refractivity contribution in [3.05, 3.63) is 0 Å². The van der Waals surface area contributed by atoms with Crippen LogP contribution in [0.25, 0.3) is 0 Å². The highest BCUT2D eigenvalue weighted by atomic mass is 16.7. The fourth-order valence-electron chi connectivity index (χ4n) is 1.71. The summed E-state index contributed by atoms with van der Waals surface area (Å²) in [5, 5.41) is 10.2. The van der Waals surface area contributed by atoms with Gasteiger partial charge < -0.3 is 19.3 Å². The van der Waals surface area contributed by atoms with E-state index in [2.05, 4.69) is 9.47 Å². The van der Waals surface area contributed by atoms with Gasteiger partial charge >= 0.3 is 11.9 Å². The third kappa shape index (κ3) is 2.76. The van der Waals surface area contributed by atoms with Gasteiger partial charge in [-0.15, -0.1) is 0 Å². The molecule has 1 atom stereocenters. The Bertz CT molecular complexity index is 286. The first-order valence-electron chi connectivity index (χ1n) is 5.63. The molecule has 6 heteroatoms. The van der Waals surface area contributed by atoms with E-state index in [-0.39, 0.29) is 13.4 Å². The van der Waals surface area contributed by atoms with Crippen molar-refractivity contribution in [3.63, 3.8) is 0 Å². The number of hydrogen-bond acceptors (Lipinski definition) is 6. The van der Waals surface area contributed by atoms with E-state index in [0.29, 0.717) is 12.8 Å². The lowest BCUT2D eigenvalue weighted by Crippen LogP contribution is -2.56. The van der Waals surface area contributed by atoms with E-state index in [0.717, 1.165) is 6.42 Å². The fourth-order valence-corrected chi connectivity index (χ4v) is 1.71. The second-order valence-electron chi connectivity index (χ2n) is 3.95. The maximum Gasteiger partial charge on any atom is 0.352 e. The van der Waals surface area contributed by atoms with Crippen LogP contribution in [0.5, 0.6) is 0 Å². The predicted octanol–water partition coefficient (Wildman–Crippen LogP) is 0.228. The number of carbonyl (C=O) groups is 2. The van der Waals surface area contributed by atoms with Gasteiger partial charge in [0.25, 0.3) is 5.60 Å². The van der Waals surface area contributed by atoms with Gasteiger partial charge in [-0.2, -0.15) is 0 Å². The van der Waals surface area contributed by atoms with Crippen LogP contribution in [-0.2, 0) is 23.8 Å². The molecule has 1 aliphatic rings. The van der Waals surface area contributed by atoms with Gasteiger partial charge in [0.05, 0.1) is 6.61 Å². The van der Waals surface area contributed by atoms with E-state index in [1.807, 2.05) is 0 Å². The SMILES string of the molecule is CCOC(=O)C(O)(C(=O)OCOC)C1CCC1. The van der Waals surface area contributed by atoms with Crippen LogP contribution in [0, 0.1) is 5.92 Å². The Morgan fingerprint density at radius 1 is 1.29 bits per heavy atom. The van der Waals surface area contributed by atoms with Crippen LogP contribution >= 0.6 is 0 Å². The summed E-state index contributed by atoms with van der Waals surface area (Å²) in [6.07, 6.45) is 2.10. The molecule has 0 aromatic heterocycles. The predicted molar refractivity (Wildman–Crippen MR) is 56.9 cm³/mol. The summed E-state index contributed by atoms with van der Waals surface area (Å²) < 4.78 is 14.0. The van der Waals surface area contributed by atoms with Crippen molar-refractivity contribution in [2.75, 3.05) is 20.5 Å². The summed E-state index contributed by atoms with van der Waals surface area (Å²) >= 11 is 0. The second-order valence-corrected chi connectivity index (χ2v) is 3.95. The lowest BCUT2D eigenvalue weighted by Gasteiger charge is -2.36. The lowest BCUT2D eigenvalue weighted by atomic mass is 9.72. The third-order valence-electron chi connectivity index (χ3n) is 2.90. The topological polar surface area (TPSA) is 82.1 Å². The highest BCUT2D eigenvalue weighted by Gasteiger charge is 2.55. The Kier molecular flexibility index (Phi) is 4.89. The molecule has 17 heavy (non-hydrogen) atoms. The lowest BCUT2D eigenvalue weighted by molar-refractivity contribution is -0.200. The first-order valence-corrected chi connectivity index (χ1v) is 5.63. The first kappa shape index (κ1) is 13.9. The summed E-state index contributed by atoms with van der Waals surface area (Å²) in [5.74, 6) is -2.36. The molecule has 1 rings (SSSR count). The number of aliphatic hydroxyl groups is 1. The normalized spacial score (nSPS) is 19.0. The molecule has 98 valence electrons. The summed E-state index contributed by atoms with van der Waals surface area (Å²) in [4.78, 5) is 23.4. The molecule has 0 radical (unpaired) electrons. The highest BCUT2D eigenvalue weighted by molar-refractivity contribution is 6.03. The van der Waals surface area contributed by atoms with Gasteiger partial charge in [-0.3, -0.25) is 0 Å². The van der Waals surface area contributed by atoms with Crippen molar-refractivity contribution in [1.29, 1.82) is 0 Å². The zero-order chi connectivity index (χ0) is 12.9. The number of esters is 2. The monoisotopic (exact) mass is 246 g/mol. The van der Waals surface area contributed by atoms with Crippen molar-refractivity contribution in [2.45, 2.75) is 31.8 Å². The van der Waals surface area contributed by atoms with Crippen molar-refractivity contribution >= 4 is 11.9 Å². The molecule has 1 N–H and O–H groups in total. The standard InChI is InChI=1S/C11H18O6/c1-3-16-9(12)11(14,8-5-4-6-8)10(13)17-7-15-2/h8,14H,3-7H2,1-2H3. The molecule has 6 nitrogen and oxygen atoms in total. The van der Waals surface area contributed by atoms with Crippen molar-refractivity contribution in [2.24, 2.45) is 5.92 Å². The number of carbonyl (C=O) groups excluding carboxylic acids is 2. The average Bonchev–Trinajstić information content (AvgIpc) is 2.23. The van der Waals surface area contributed by atoms with Crippen molar-refractivity contribution < 1.29 is 28.9 Å². The molecule has 1 unspecified atom stereocenters. The molecule has 0 aliphatic heterocycles. The van der Waals surface area contributed by atoms with Crippen LogP contribution in [0.2, 0.25) is 0 Å². The van der Waals surface area contributed by atoms with E-state index >= 15 is 0 Å². The van der Waals surface area contributed by atoms with Crippen LogP contribution in [-0.4, -0.2) is 43.2 Å². The maximum atomic E-state index is 11.7. The largest absolute Gasteiger partial charge is 0.463 e. The van der Waals surface area contributed by atoms with Gasteiger partial charge in [0, 0.05) is 13.0 Å². The Hall–Kier alpha value is -1.14. The van der Waals surface area contributed by atoms with Crippen molar-refractivity contribution in [3.8, 4) is 0 Å². The average molecular weight is 246 g/mol. The Morgan fingerprint density at radius 3 is 2.29 bits per heavy atom. The molecule has 1 aliphatic carbocycles. The van der Waals surface area contributed by atoms with Gasteiger partial charge in [-0.1, -0.05) is 6.42 Å². The molecule has 0 aromatic carbocycles. The molecule has 1 saturated carbocycles. The summed E-state index contributed by atoms with van der Waals surface area (Å²) in [7, 11) is 1.35. The van der Waals surface area contributed by atoms with E-state index in [1.165, 1.54) is 7.11 Å². The zero-order valence-electron chi connectivity index (χ0n) is 10.1. The number of hydrogen-bond donors (Lipinski definition) is 1. The maximum absolute atomic E-state index is 11.7. The first-order chi connectivity index (χ1) is 8.07. The molecule has 0 heterocycles. The Morgan fingerprint density at radius 2 is 1.88 bits per heavy atom. The molecular formula is C11H18O6.